The number of methoxy groups -OCH3 is 2. The van der Waals surface area contributed by atoms with E-state index in [-0.39, 0.29) is 25.0 Å². The van der Waals surface area contributed by atoms with Gasteiger partial charge in [0.15, 0.2) is 0 Å². The van der Waals surface area contributed by atoms with Crippen LogP contribution in [0.15, 0.2) is 18.2 Å². The zero-order chi connectivity index (χ0) is 17.4. The SMILES string of the molecule is COc1ccc(NC(=O)COCC(=O)N2CCCCC2)c(OC)c1. The Bertz CT molecular complexity index is 570. The average molecular weight is 336 g/mol. The summed E-state index contributed by atoms with van der Waals surface area (Å²) < 4.78 is 15.6. The quantitative estimate of drug-likeness (QED) is 0.820. The Balaban J connectivity index is 1.78. The molecule has 132 valence electrons. The molecule has 1 aliphatic rings. The molecule has 0 radical (unpaired) electrons. The fraction of sp³-hybridized carbons (Fsp3) is 0.529. The number of amides is 2. The number of carbonyl (C=O) groups is 2. The van der Waals surface area contributed by atoms with E-state index in [0.717, 1.165) is 32.4 Å². The predicted octanol–water partition coefficient (Wildman–Crippen LogP) is 1.67. The molecule has 1 aliphatic heterocycles. The number of benzene rings is 1. The number of nitrogens with one attached hydrogen (secondary N) is 1. The Morgan fingerprint density at radius 2 is 1.83 bits per heavy atom. The van der Waals surface area contributed by atoms with Crippen LogP contribution in [0.25, 0.3) is 0 Å². The number of rotatable bonds is 7. The Morgan fingerprint density at radius 1 is 1.08 bits per heavy atom. The molecule has 24 heavy (non-hydrogen) atoms. The smallest absolute Gasteiger partial charge is 0.250 e. The summed E-state index contributed by atoms with van der Waals surface area (Å²) in [6, 6.07) is 5.09. The lowest BCUT2D eigenvalue weighted by molar-refractivity contribution is -0.138. The van der Waals surface area contributed by atoms with Crippen LogP contribution in [-0.2, 0) is 14.3 Å². The molecular weight excluding hydrogens is 312 g/mol. The summed E-state index contributed by atoms with van der Waals surface area (Å²) in [6.07, 6.45) is 3.23. The molecule has 2 rings (SSSR count). The third-order valence-corrected chi connectivity index (χ3v) is 3.85. The van der Waals surface area contributed by atoms with Gasteiger partial charge in [-0.25, -0.2) is 0 Å². The van der Waals surface area contributed by atoms with Gasteiger partial charge >= 0.3 is 0 Å². The summed E-state index contributed by atoms with van der Waals surface area (Å²) in [6.45, 7) is 1.29. The molecule has 0 aliphatic carbocycles. The summed E-state index contributed by atoms with van der Waals surface area (Å²) in [5, 5.41) is 2.70. The maximum atomic E-state index is 11.9. The molecular formula is C17H24N2O5. The van der Waals surface area contributed by atoms with Crippen LogP contribution >= 0.6 is 0 Å². The fourth-order valence-electron chi connectivity index (χ4n) is 2.55. The highest BCUT2D eigenvalue weighted by Gasteiger charge is 2.17. The van der Waals surface area contributed by atoms with E-state index < -0.39 is 0 Å². The van der Waals surface area contributed by atoms with Crippen molar-refractivity contribution in [3.63, 3.8) is 0 Å². The van der Waals surface area contributed by atoms with E-state index >= 15 is 0 Å². The van der Waals surface area contributed by atoms with Crippen LogP contribution in [0.4, 0.5) is 5.69 Å². The Hall–Kier alpha value is -2.28. The predicted molar refractivity (Wildman–Crippen MR) is 89.4 cm³/mol. The molecule has 1 N–H and O–H groups in total. The first-order chi connectivity index (χ1) is 11.6. The Labute approximate surface area is 141 Å². The topological polar surface area (TPSA) is 77.1 Å². The van der Waals surface area contributed by atoms with Gasteiger partial charge in [0, 0.05) is 19.2 Å². The zero-order valence-corrected chi connectivity index (χ0v) is 14.2. The summed E-state index contributed by atoms with van der Waals surface area (Å²) in [7, 11) is 3.07. The first-order valence-corrected chi connectivity index (χ1v) is 8.01. The van der Waals surface area contributed by atoms with Gasteiger partial charge in [0.25, 0.3) is 0 Å². The molecule has 1 saturated heterocycles. The van der Waals surface area contributed by atoms with Gasteiger partial charge in [0.1, 0.15) is 24.7 Å². The van der Waals surface area contributed by atoms with E-state index in [9.17, 15) is 9.59 Å². The van der Waals surface area contributed by atoms with Gasteiger partial charge in [0.2, 0.25) is 11.8 Å². The minimum atomic E-state index is -0.343. The number of ether oxygens (including phenoxy) is 3. The van der Waals surface area contributed by atoms with Crippen LogP contribution in [-0.4, -0.2) is 57.2 Å². The van der Waals surface area contributed by atoms with Crippen molar-refractivity contribution in [2.75, 3.05) is 45.8 Å². The number of hydrogen-bond acceptors (Lipinski definition) is 5. The molecule has 1 aromatic carbocycles. The minimum absolute atomic E-state index is 0.0653. The van der Waals surface area contributed by atoms with Crippen molar-refractivity contribution in [2.24, 2.45) is 0 Å². The van der Waals surface area contributed by atoms with Crippen molar-refractivity contribution in [3.8, 4) is 11.5 Å². The number of piperidine rings is 1. The first kappa shape index (κ1) is 18.1. The average Bonchev–Trinajstić information content (AvgIpc) is 2.62. The third kappa shape index (κ3) is 5.13. The highest BCUT2D eigenvalue weighted by atomic mass is 16.5. The Kier molecular flexibility index (Phi) is 6.87. The number of carbonyl (C=O) groups excluding carboxylic acids is 2. The number of likely N-dealkylation sites (tertiary alicyclic amines) is 1. The largest absolute Gasteiger partial charge is 0.497 e. The van der Waals surface area contributed by atoms with Gasteiger partial charge in [-0.15, -0.1) is 0 Å². The fourth-order valence-corrected chi connectivity index (χ4v) is 2.55. The molecule has 0 saturated carbocycles. The van der Waals surface area contributed by atoms with Crippen LogP contribution < -0.4 is 14.8 Å². The molecule has 0 unspecified atom stereocenters. The molecule has 0 spiro atoms. The standard InChI is InChI=1S/C17H24N2O5/c1-22-13-6-7-14(15(10-13)23-2)18-16(20)11-24-12-17(21)19-8-4-3-5-9-19/h6-7,10H,3-5,8-9,11-12H2,1-2H3,(H,18,20). The lowest BCUT2D eigenvalue weighted by Gasteiger charge is -2.26. The van der Waals surface area contributed by atoms with Crippen LogP contribution in [0.1, 0.15) is 19.3 Å². The summed E-state index contributed by atoms with van der Waals surface area (Å²) in [5.74, 6) is 0.717. The molecule has 2 amide bonds. The molecule has 0 bridgehead atoms. The van der Waals surface area contributed by atoms with Gasteiger partial charge in [-0.1, -0.05) is 0 Å². The van der Waals surface area contributed by atoms with Gasteiger partial charge in [0.05, 0.1) is 19.9 Å². The van der Waals surface area contributed by atoms with Gasteiger partial charge < -0.3 is 24.4 Å². The van der Waals surface area contributed by atoms with E-state index in [2.05, 4.69) is 5.32 Å². The minimum Gasteiger partial charge on any atom is -0.497 e. The number of hydrogen-bond donors (Lipinski definition) is 1. The van der Waals surface area contributed by atoms with Crippen molar-refractivity contribution >= 4 is 17.5 Å². The molecule has 7 heteroatoms. The second-order valence-electron chi connectivity index (χ2n) is 5.55. The van der Waals surface area contributed by atoms with E-state index in [1.807, 2.05) is 0 Å². The Morgan fingerprint density at radius 3 is 2.50 bits per heavy atom. The monoisotopic (exact) mass is 336 g/mol. The van der Waals surface area contributed by atoms with E-state index in [1.54, 1.807) is 30.2 Å². The highest BCUT2D eigenvalue weighted by Crippen LogP contribution is 2.28. The molecule has 0 atom stereocenters. The summed E-state index contributed by atoms with van der Waals surface area (Å²) in [4.78, 5) is 25.7. The maximum absolute atomic E-state index is 11.9. The summed E-state index contributed by atoms with van der Waals surface area (Å²) in [5.41, 5.74) is 0.522. The lowest BCUT2D eigenvalue weighted by Crippen LogP contribution is -2.38. The van der Waals surface area contributed by atoms with Crippen LogP contribution in [0.5, 0.6) is 11.5 Å². The van der Waals surface area contributed by atoms with Gasteiger partial charge in [-0.2, -0.15) is 0 Å². The molecule has 7 nitrogen and oxygen atoms in total. The highest BCUT2D eigenvalue weighted by molar-refractivity contribution is 5.93. The molecule has 1 fully saturated rings. The second-order valence-corrected chi connectivity index (χ2v) is 5.55. The zero-order valence-electron chi connectivity index (χ0n) is 14.2. The van der Waals surface area contributed by atoms with E-state index in [4.69, 9.17) is 14.2 Å². The van der Waals surface area contributed by atoms with Crippen molar-refractivity contribution in [1.82, 2.24) is 4.90 Å². The van der Waals surface area contributed by atoms with Crippen molar-refractivity contribution < 1.29 is 23.8 Å². The van der Waals surface area contributed by atoms with Gasteiger partial charge in [-0.05, 0) is 31.4 Å². The van der Waals surface area contributed by atoms with Crippen molar-refractivity contribution in [3.05, 3.63) is 18.2 Å². The van der Waals surface area contributed by atoms with E-state index in [1.165, 1.54) is 7.11 Å². The second kappa shape index (κ2) is 9.12. The van der Waals surface area contributed by atoms with Crippen LogP contribution in [0.3, 0.4) is 0 Å². The number of anilines is 1. The first-order valence-electron chi connectivity index (χ1n) is 8.01. The maximum Gasteiger partial charge on any atom is 0.250 e. The molecule has 1 aromatic rings. The normalized spacial score (nSPS) is 14.2. The van der Waals surface area contributed by atoms with Crippen molar-refractivity contribution in [2.45, 2.75) is 19.3 Å². The summed E-state index contributed by atoms with van der Waals surface area (Å²) >= 11 is 0. The number of nitrogens with zero attached hydrogens (tertiary/aromatic N) is 1. The van der Waals surface area contributed by atoms with Crippen LogP contribution in [0, 0.1) is 0 Å². The molecule has 0 aromatic heterocycles. The van der Waals surface area contributed by atoms with E-state index in [0.29, 0.717) is 17.2 Å². The van der Waals surface area contributed by atoms with Crippen molar-refractivity contribution in [1.29, 1.82) is 0 Å². The lowest BCUT2D eigenvalue weighted by atomic mass is 10.1. The third-order valence-electron chi connectivity index (χ3n) is 3.85. The molecule has 1 heterocycles. The van der Waals surface area contributed by atoms with Crippen LogP contribution in [0.2, 0.25) is 0 Å². The van der Waals surface area contributed by atoms with Gasteiger partial charge in [-0.3, -0.25) is 9.59 Å².